The highest BCUT2D eigenvalue weighted by atomic mass is 33.1. The summed E-state index contributed by atoms with van der Waals surface area (Å²) in [7, 11) is 4.49. The lowest BCUT2D eigenvalue weighted by molar-refractivity contribution is 0.304. The van der Waals surface area contributed by atoms with Crippen LogP contribution in [0.5, 0.6) is 0 Å². The van der Waals surface area contributed by atoms with Crippen molar-refractivity contribution in [1.82, 2.24) is 0 Å². The van der Waals surface area contributed by atoms with Crippen LogP contribution in [0.3, 0.4) is 0 Å². The molecule has 0 unspecified atom stereocenters. The highest BCUT2D eigenvalue weighted by Crippen LogP contribution is 2.27. The Kier molecular flexibility index (Phi) is 6.42. The van der Waals surface area contributed by atoms with Crippen molar-refractivity contribution in [3.63, 3.8) is 0 Å². The van der Waals surface area contributed by atoms with Crippen LogP contribution in [0.1, 0.15) is 12.8 Å². The molecule has 0 bridgehead atoms. The van der Waals surface area contributed by atoms with Gasteiger partial charge in [0.1, 0.15) is 0 Å². The Morgan fingerprint density at radius 2 is 2.36 bits per heavy atom. The first-order valence-corrected chi connectivity index (χ1v) is 7.28. The van der Waals surface area contributed by atoms with E-state index in [-0.39, 0.29) is 0 Å². The Bertz CT molecular complexity index is 97.5. The molecule has 0 aromatic carbocycles. The van der Waals surface area contributed by atoms with Gasteiger partial charge in [-0.1, -0.05) is 34.1 Å². The van der Waals surface area contributed by atoms with Gasteiger partial charge in [-0.15, -0.1) is 0 Å². The second kappa shape index (κ2) is 7.28. The van der Waals surface area contributed by atoms with E-state index in [1.54, 1.807) is 0 Å². The van der Waals surface area contributed by atoms with Crippen LogP contribution in [-0.2, 0) is 4.43 Å². The molecule has 0 spiro atoms. The van der Waals surface area contributed by atoms with Gasteiger partial charge >= 0.3 is 0 Å². The van der Waals surface area contributed by atoms with E-state index in [1.807, 2.05) is 21.6 Å². The molecule has 1 fully saturated rings. The highest BCUT2D eigenvalue weighted by Gasteiger charge is 1.97. The van der Waals surface area contributed by atoms with Crippen molar-refractivity contribution in [2.45, 2.75) is 18.9 Å². The van der Waals surface area contributed by atoms with Crippen LogP contribution >= 0.6 is 21.6 Å². The van der Waals surface area contributed by atoms with Gasteiger partial charge in [-0.2, -0.15) is 0 Å². The summed E-state index contributed by atoms with van der Waals surface area (Å²) >= 11 is 0. The third kappa shape index (κ3) is 5.84. The molecule has 4 heteroatoms. The minimum atomic E-state index is 0.802. The quantitative estimate of drug-likeness (QED) is 0.443. The zero-order valence-electron chi connectivity index (χ0n) is 6.41. The molecule has 0 aliphatic carbocycles. The van der Waals surface area contributed by atoms with Gasteiger partial charge in [0, 0.05) is 12.4 Å². The van der Waals surface area contributed by atoms with Gasteiger partial charge in [0.15, 0.2) is 0 Å². The lowest BCUT2D eigenvalue weighted by Crippen LogP contribution is -2.06. The first-order chi connectivity index (χ1) is 5.50. The van der Waals surface area contributed by atoms with E-state index in [0.29, 0.717) is 0 Å². The van der Waals surface area contributed by atoms with Gasteiger partial charge in [0.2, 0.25) is 9.76 Å². The molecule has 1 nitrogen and oxygen atoms in total. The highest BCUT2D eigenvalue weighted by molar-refractivity contribution is 8.78. The normalized spacial score (nSPS) is 22.5. The zero-order chi connectivity index (χ0) is 7.78. The number of hydrogen-bond acceptors (Lipinski definition) is 3. The molecule has 0 saturated carbocycles. The minimum absolute atomic E-state index is 0.802. The number of rotatable bonds is 0. The zero-order valence-corrected chi connectivity index (χ0v) is 9.05. The Morgan fingerprint density at radius 3 is 2.55 bits per heavy atom. The summed E-state index contributed by atoms with van der Waals surface area (Å²) in [5, 5.41) is 2.12. The predicted molar refractivity (Wildman–Crippen MR) is 54.9 cm³/mol. The minimum Gasteiger partial charge on any atom is -0.417 e. The standard InChI is InChI=1S/C4H8OSi.C3H4S2/c1-2-4-6-5-3-1;1-2-4-5-3-1/h1-4H2;1-2H,3H2. The van der Waals surface area contributed by atoms with Crippen LogP contribution < -0.4 is 0 Å². The van der Waals surface area contributed by atoms with E-state index >= 15 is 0 Å². The fourth-order valence-corrected chi connectivity index (χ4v) is 3.11. The van der Waals surface area contributed by atoms with Gasteiger partial charge in [0.05, 0.1) is 0 Å². The average Bonchev–Trinajstić information content (AvgIpc) is 2.64. The van der Waals surface area contributed by atoms with E-state index in [9.17, 15) is 0 Å². The van der Waals surface area contributed by atoms with Crippen molar-refractivity contribution in [3.8, 4) is 0 Å². The van der Waals surface area contributed by atoms with Crippen molar-refractivity contribution in [2.24, 2.45) is 0 Å². The molecule has 2 aliphatic rings. The van der Waals surface area contributed by atoms with Gasteiger partial charge < -0.3 is 4.43 Å². The maximum absolute atomic E-state index is 5.10. The van der Waals surface area contributed by atoms with Gasteiger partial charge in [0.25, 0.3) is 0 Å². The summed E-state index contributed by atoms with van der Waals surface area (Å²) in [5.41, 5.74) is 0. The van der Waals surface area contributed by atoms with Crippen LogP contribution in [0.4, 0.5) is 0 Å². The molecule has 0 amide bonds. The summed E-state index contributed by atoms with van der Waals surface area (Å²) in [4.78, 5) is 0. The van der Waals surface area contributed by atoms with Crippen LogP contribution in [-0.4, -0.2) is 22.1 Å². The molecular formula is C7H12OS2Si. The fourth-order valence-electron chi connectivity index (χ4n) is 0.712. The van der Waals surface area contributed by atoms with E-state index in [1.165, 1.54) is 24.6 Å². The average molecular weight is 204 g/mol. The topological polar surface area (TPSA) is 9.23 Å². The molecule has 0 aromatic rings. The van der Waals surface area contributed by atoms with E-state index < -0.39 is 0 Å². The Labute approximate surface area is 78.7 Å². The first kappa shape index (κ1) is 9.70. The van der Waals surface area contributed by atoms with E-state index in [0.717, 1.165) is 16.4 Å². The maximum atomic E-state index is 5.10. The largest absolute Gasteiger partial charge is 0.417 e. The van der Waals surface area contributed by atoms with Crippen LogP contribution in [0.2, 0.25) is 6.04 Å². The van der Waals surface area contributed by atoms with Gasteiger partial charge in [-0.05, 0) is 17.9 Å². The molecule has 11 heavy (non-hydrogen) atoms. The molecule has 0 N–H and O–H groups in total. The molecule has 0 aromatic heterocycles. The Balaban J connectivity index is 0.000000112. The summed E-state index contributed by atoms with van der Waals surface area (Å²) in [6.07, 6.45) is 4.83. The molecule has 2 rings (SSSR count). The third-order valence-corrected chi connectivity index (χ3v) is 4.15. The molecular weight excluding hydrogens is 192 g/mol. The van der Waals surface area contributed by atoms with Gasteiger partial charge in [-0.3, -0.25) is 0 Å². The fraction of sp³-hybridized carbons (Fsp3) is 0.714. The molecule has 2 radical (unpaired) electrons. The van der Waals surface area contributed by atoms with Crippen molar-refractivity contribution in [2.75, 3.05) is 12.4 Å². The second-order valence-corrected chi connectivity index (χ2v) is 5.60. The summed E-state index contributed by atoms with van der Waals surface area (Å²) in [6, 6.07) is 1.31. The Hall–Kier alpha value is 0.617. The smallest absolute Gasteiger partial charge is 0.229 e. The third-order valence-electron chi connectivity index (χ3n) is 1.26. The molecule has 1 saturated heterocycles. The molecule has 2 aliphatic heterocycles. The van der Waals surface area contributed by atoms with E-state index in [4.69, 9.17) is 4.43 Å². The number of hydrogen-bond donors (Lipinski definition) is 0. The SMILES string of the molecule is C1=CSSC1.C1CC[Si]OC1. The predicted octanol–water partition coefficient (Wildman–Crippen LogP) is 2.73. The van der Waals surface area contributed by atoms with Crippen molar-refractivity contribution >= 4 is 31.4 Å². The van der Waals surface area contributed by atoms with Crippen molar-refractivity contribution < 1.29 is 4.43 Å². The summed E-state index contributed by atoms with van der Waals surface area (Å²) in [5.74, 6) is 1.20. The Morgan fingerprint density at radius 1 is 1.36 bits per heavy atom. The second-order valence-electron chi connectivity index (χ2n) is 2.20. The first-order valence-electron chi connectivity index (χ1n) is 3.78. The van der Waals surface area contributed by atoms with Gasteiger partial charge in [-0.25, -0.2) is 0 Å². The maximum Gasteiger partial charge on any atom is 0.229 e. The molecule has 2 heterocycles. The van der Waals surface area contributed by atoms with Crippen LogP contribution in [0, 0.1) is 0 Å². The van der Waals surface area contributed by atoms with Crippen LogP contribution in [0.15, 0.2) is 11.5 Å². The van der Waals surface area contributed by atoms with Crippen molar-refractivity contribution in [1.29, 1.82) is 0 Å². The summed E-state index contributed by atoms with van der Waals surface area (Å²) in [6.45, 7) is 1.01. The molecule has 0 atom stereocenters. The van der Waals surface area contributed by atoms with Crippen molar-refractivity contribution in [3.05, 3.63) is 11.5 Å². The lowest BCUT2D eigenvalue weighted by Gasteiger charge is -2.06. The van der Waals surface area contributed by atoms with E-state index in [2.05, 4.69) is 11.5 Å². The monoisotopic (exact) mass is 204 g/mol. The molecule has 62 valence electrons. The lowest BCUT2D eigenvalue weighted by atomic mass is 10.4. The summed E-state index contributed by atoms with van der Waals surface area (Å²) < 4.78 is 5.10. The van der Waals surface area contributed by atoms with Crippen LogP contribution in [0.25, 0.3) is 0 Å².